The Morgan fingerprint density at radius 3 is 2.23 bits per heavy atom. The minimum atomic E-state index is -0.382. The number of nitrogens with zero attached hydrogens (tertiary/aromatic N) is 2. The summed E-state index contributed by atoms with van der Waals surface area (Å²) in [5.41, 5.74) is 1.81. The molecule has 2 rings (SSSR count). The number of carbonyl (C=O) groups is 2. The lowest BCUT2D eigenvalue weighted by Gasteiger charge is -2.26. The molecule has 26 heavy (non-hydrogen) atoms. The number of anilines is 1. The van der Waals surface area contributed by atoms with Crippen LogP contribution >= 0.6 is 0 Å². The molecule has 1 amide bonds. The minimum absolute atomic E-state index is 0.105. The standard InChI is InChI=1S/C21H30N2O3/c1-4-7-14-22(15-8-5-2)19-18(21(25)26-6-3)16-23(20(19)24)17-12-10-9-11-13-17/h9-13H,4-8,14-16H2,1-3H3. The topological polar surface area (TPSA) is 49.9 Å². The summed E-state index contributed by atoms with van der Waals surface area (Å²) >= 11 is 0. The molecule has 0 N–H and O–H groups in total. The van der Waals surface area contributed by atoms with Gasteiger partial charge < -0.3 is 14.5 Å². The van der Waals surface area contributed by atoms with E-state index >= 15 is 0 Å². The van der Waals surface area contributed by atoms with Crippen LogP contribution in [0.25, 0.3) is 0 Å². The number of amides is 1. The summed E-state index contributed by atoms with van der Waals surface area (Å²) in [5.74, 6) is -0.487. The van der Waals surface area contributed by atoms with E-state index in [1.54, 1.807) is 11.8 Å². The highest BCUT2D eigenvalue weighted by Crippen LogP contribution is 2.29. The Bertz CT molecular complexity index is 632. The van der Waals surface area contributed by atoms with Crippen LogP contribution in [-0.4, -0.2) is 43.0 Å². The average molecular weight is 358 g/mol. The molecular weight excluding hydrogens is 328 g/mol. The molecule has 0 saturated heterocycles. The molecule has 1 aromatic rings. The summed E-state index contributed by atoms with van der Waals surface area (Å²) in [6, 6.07) is 9.50. The van der Waals surface area contributed by atoms with Crippen LogP contribution in [0, 0.1) is 0 Å². The zero-order valence-electron chi connectivity index (χ0n) is 16.2. The molecule has 0 radical (unpaired) electrons. The van der Waals surface area contributed by atoms with E-state index in [1.807, 2.05) is 30.3 Å². The van der Waals surface area contributed by atoms with Crippen molar-refractivity contribution in [2.45, 2.75) is 46.5 Å². The summed E-state index contributed by atoms with van der Waals surface area (Å²) in [4.78, 5) is 29.5. The van der Waals surface area contributed by atoms with E-state index in [-0.39, 0.29) is 18.4 Å². The molecule has 0 saturated carbocycles. The largest absolute Gasteiger partial charge is 0.463 e. The highest BCUT2D eigenvalue weighted by Gasteiger charge is 2.38. The fourth-order valence-electron chi connectivity index (χ4n) is 3.12. The van der Waals surface area contributed by atoms with Gasteiger partial charge in [-0.2, -0.15) is 0 Å². The molecule has 0 aliphatic carbocycles. The number of unbranched alkanes of at least 4 members (excludes halogenated alkanes) is 2. The van der Waals surface area contributed by atoms with Crippen molar-refractivity contribution in [3.8, 4) is 0 Å². The van der Waals surface area contributed by atoms with Gasteiger partial charge in [-0.3, -0.25) is 4.79 Å². The molecule has 1 aliphatic rings. The third-order valence-corrected chi connectivity index (χ3v) is 4.52. The van der Waals surface area contributed by atoms with Gasteiger partial charge in [0.1, 0.15) is 5.70 Å². The molecule has 0 aromatic heterocycles. The molecule has 0 fully saturated rings. The summed E-state index contributed by atoms with van der Waals surface area (Å²) in [6.45, 7) is 8.18. The van der Waals surface area contributed by atoms with Crippen LogP contribution in [0.3, 0.4) is 0 Å². The highest BCUT2D eigenvalue weighted by molar-refractivity contribution is 6.14. The lowest BCUT2D eigenvalue weighted by molar-refractivity contribution is -0.138. The maximum atomic E-state index is 13.2. The van der Waals surface area contributed by atoms with Gasteiger partial charge in [-0.15, -0.1) is 0 Å². The minimum Gasteiger partial charge on any atom is -0.463 e. The van der Waals surface area contributed by atoms with Crippen molar-refractivity contribution in [2.75, 3.05) is 31.1 Å². The second-order valence-electron chi connectivity index (χ2n) is 6.47. The van der Waals surface area contributed by atoms with Gasteiger partial charge in [-0.1, -0.05) is 44.9 Å². The Labute approximate surface area is 156 Å². The van der Waals surface area contributed by atoms with Crippen molar-refractivity contribution in [1.82, 2.24) is 4.90 Å². The molecule has 0 unspecified atom stereocenters. The average Bonchev–Trinajstić information content (AvgIpc) is 3.00. The quantitative estimate of drug-likeness (QED) is 0.598. The van der Waals surface area contributed by atoms with Crippen LogP contribution in [0.1, 0.15) is 46.5 Å². The van der Waals surface area contributed by atoms with Gasteiger partial charge >= 0.3 is 5.97 Å². The van der Waals surface area contributed by atoms with Crippen molar-refractivity contribution in [2.24, 2.45) is 0 Å². The first-order valence-corrected chi connectivity index (χ1v) is 9.66. The summed E-state index contributed by atoms with van der Waals surface area (Å²) in [7, 11) is 0. The van der Waals surface area contributed by atoms with Gasteiger partial charge in [0.25, 0.3) is 5.91 Å². The predicted molar refractivity (Wildman–Crippen MR) is 104 cm³/mol. The molecule has 0 atom stereocenters. The van der Waals surface area contributed by atoms with Crippen LogP contribution in [0.4, 0.5) is 5.69 Å². The van der Waals surface area contributed by atoms with Gasteiger partial charge in [0.15, 0.2) is 0 Å². The molecule has 1 aliphatic heterocycles. The van der Waals surface area contributed by atoms with Crippen LogP contribution in [-0.2, 0) is 14.3 Å². The number of benzene rings is 1. The molecular formula is C21H30N2O3. The van der Waals surface area contributed by atoms with E-state index in [0.717, 1.165) is 44.5 Å². The maximum Gasteiger partial charge on any atom is 0.338 e. The normalized spacial score (nSPS) is 14.1. The van der Waals surface area contributed by atoms with Crippen molar-refractivity contribution in [3.63, 3.8) is 0 Å². The summed E-state index contributed by atoms with van der Waals surface area (Å²) < 4.78 is 5.25. The monoisotopic (exact) mass is 358 g/mol. The predicted octanol–water partition coefficient (Wildman–Crippen LogP) is 3.75. The first kappa shape index (κ1) is 20.0. The molecule has 5 heteroatoms. The van der Waals surface area contributed by atoms with Crippen molar-refractivity contribution < 1.29 is 14.3 Å². The Balaban J connectivity index is 2.37. The van der Waals surface area contributed by atoms with Gasteiger partial charge in [-0.05, 0) is 31.9 Å². The van der Waals surface area contributed by atoms with Crippen molar-refractivity contribution in [3.05, 3.63) is 41.6 Å². The van der Waals surface area contributed by atoms with Crippen LogP contribution in [0.2, 0.25) is 0 Å². The molecule has 1 heterocycles. The second-order valence-corrected chi connectivity index (χ2v) is 6.47. The van der Waals surface area contributed by atoms with Crippen molar-refractivity contribution >= 4 is 17.6 Å². The van der Waals surface area contributed by atoms with E-state index < -0.39 is 0 Å². The van der Waals surface area contributed by atoms with Crippen LogP contribution in [0.5, 0.6) is 0 Å². The Morgan fingerprint density at radius 1 is 1.08 bits per heavy atom. The van der Waals surface area contributed by atoms with Gasteiger partial charge in [0, 0.05) is 18.8 Å². The number of ether oxygens (including phenoxy) is 1. The first-order valence-electron chi connectivity index (χ1n) is 9.66. The van der Waals surface area contributed by atoms with Gasteiger partial charge in [0.05, 0.1) is 18.7 Å². The van der Waals surface area contributed by atoms with Gasteiger partial charge in [0.2, 0.25) is 0 Å². The Morgan fingerprint density at radius 2 is 1.69 bits per heavy atom. The van der Waals surface area contributed by atoms with E-state index in [1.165, 1.54) is 0 Å². The van der Waals surface area contributed by atoms with E-state index in [9.17, 15) is 9.59 Å². The van der Waals surface area contributed by atoms with E-state index in [0.29, 0.717) is 17.9 Å². The molecule has 1 aromatic carbocycles. The molecule has 142 valence electrons. The third-order valence-electron chi connectivity index (χ3n) is 4.52. The molecule has 5 nitrogen and oxygen atoms in total. The fraction of sp³-hybridized carbons (Fsp3) is 0.524. The Hall–Kier alpha value is -2.30. The van der Waals surface area contributed by atoms with Crippen molar-refractivity contribution in [1.29, 1.82) is 0 Å². The van der Waals surface area contributed by atoms with E-state index in [4.69, 9.17) is 4.74 Å². The first-order chi connectivity index (χ1) is 12.6. The number of hydrogen-bond acceptors (Lipinski definition) is 4. The maximum absolute atomic E-state index is 13.2. The van der Waals surface area contributed by atoms with Crippen LogP contribution < -0.4 is 4.90 Å². The lowest BCUT2D eigenvalue weighted by atomic mass is 10.2. The number of para-hydroxylation sites is 1. The third kappa shape index (κ3) is 4.65. The summed E-state index contributed by atoms with van der Waals surface area (Å²) in [5, 5.41) is 0. The van der Waals surface area contributed by atoms with E-state index in [2.05, 4.69) is 18.7 Å². The SMILES string of the molecule is CCCCN(CCCC)C1=C(C(=O)OCC)CN(c2ccccc2)C1=O. The number of rotatable bonds is 10. The van der Waals surface area contributed by atoms with Crippen LogP contribution in [0.15, 0.2) is 41.6 Å². The molecule has 0 spiro atoms. The number of esters is 1. The van der Waals surface area contributed by atoms with Gasteiger partial charge in [-0.25, -0.2) is 4.79 Å². The lowest BCUT2D eigenvalue weighted by Crippen LogP contribution is -2.34. The zero-order chi connectivity index (χ0) is 18.9. The zero-order valence-corrected chi connectivity index (χ0v) is 16.2. The second kappa shape index (κ2) is 10.00. The number of hydrogen-bond donors (Lipinski definition) is 0. The fourth-order valence-corrected chi connectivity index (χ4v) is 3.12. The molecule has 0 bridgehead atoms. The number of carbonyl (C=O) groups excluding carboxylic acids is 2. The smallest absolute Gasteiger partial charge is 0.338 e. The highest BCUT2D eigenvalue weighted by atomic mass is 16.5. The summed E-state index contributed by atoms with van der Waals surface area (Å²) in [6.07, 6.45) is 4.06. The Kier molecular flexibility index (Phi) is 7.70.